The molecule has 1 aromatic heterocycles. The van der Waals surface area contributed by atoms with Crippen LogP contribution in [-0.2, 0) is 16.1 Å². The largest absolute Gasteiger partial charge is 0.507 e. The highest BCUT2D eigenvalue weighted by Gasteiger charge is 2.46. The van der Waals surface area contributed by atoms with Gasteiger partial charge in [0.15, 0.2) is 0 Å². The fourth-order valence-corrected chi connectivity index (χ4v) is 3.85. The molecule has 1 aliphatic heterocycles. The fraction of sp³-hybridized carbons (Fsp3) is 0.160. The van der Waals surface area contributed by atoms with Crippen LogP contribution in [0.4, 0.5) is 0 Å². The fourth-order valence-electron chi connectivity index (χ4n) is 3.85. The van der Waals surface area contributed by atoms with Gasteiger partial charge < -0.3 is 19.5 Å². The van der Waals surface area contributed by atoms with Crippen molar-refractivity contribution in [2.24, 2.45) is 0 Å². The van der Waals surface area contributed by atoms with E-state index in [0.717, 1.165) is 5.56 Å². The van der Waals surface area contributed by atoms with Gasteiger partial charge in [-0.15, -0.1) is 0 Å². The molecule has 0 aliphatic carbocycles. The second kappa shape index (κ2) is 8.93. The quantitative estimate of drug-likeness (QED) is 0.364. The summed E-state index contributed by atoms with van der Waals surface area (Å²) in [5, 5.41) is 11.3. The Morgan fingerprint density at radius 2 is 1.72 bits per heavy atom. The molecule has 2 heterocycles. The molecule has 0 bridgehead atoms. The van der Waals surface area contributed by atoms with E-state index in [4.69, 9.17) is 9.47 Å². The Labute approximate surface area is 185 Å². The van der Waals surface area contributed by atoms with E-state index in [0.29, 0.717) is 17.1 Å². The number of hydrogen-bond donors (Lipinski definition) is 1. The van der Waals surface area contributed by atoms with Crippen molar-refractivity contribution in [1.82, 2.24) is 9.88 Å². The van der Waals surface area contributed by atoms with Crippen molar-refractivity contribution in [3.05, 3.63) is 95.3 Å². The van der Waals surface area contributed by atoms with E-state index in [1.807, 2.05) is 30.3 Å². The van der Waals surface area contributed by atoms with Gasteiger partial charge in [-0.05, 0) is 41.5 Å². The van der Waals surface area contributed by atoms with Crippen LogP contribution in [0.2, 0.25) is 0 Å². The first-order valence-corrected chi connectivity index (χ1v) is 9.99. The third-order valence-electron chi connectivity index (χ3n) is 5.42. The SMILES string of the molecule is COc1ccc(OC)c(/C(O)=C2\C(=O)C(=O)N(Cc3ccncc3)C2c2ccccc2)c1. The van der Waals surface area contributed by atoms with Gasteiger partial charge in [0.05, 0.1) is 31.4 Å². The number of rotatable bonds is 6. The lowest BCUT2D eigenvalue weighted by atomic mass is 9.95. The van der Waals surface area contributed by atoms with E-state index in [-0.39, 0.29) is 23.4 Å². The molecule has 0 spiro atoms. The molecule has 1 amide bonds. The lowest BCUT2D eigenvalue weighted by Gasteiger charge is -2.25. The number of pyridine rings is 1. The molecule has 3 aromatic rings. The van der Waals surface area contributed by atoms with E-state index in [1.54, 1.807) is 42.7 Å². The lowest BCUT2D eigenvalue weighted by molar-refractivity contribution is -0.140. The molecule has 1 unspecified atom stereocenters. The van der Waals surface area contributed by atoms with Crippen LogP contribution in [0.1, 0.15) is 22.7 Å². The number of hydrogen-bond acceptors (Lipinski definition) is 6. The minimum absolute atomic E-state index is 0.00168. The average Bonchev–Trinajstić information content (AvgIpc) is 3.09. The standard InChI is InChI=1S/C25H22N2O5/c1-31-18-8-9-20(32-2)19(14-18)23(28)21-22(17-6-4-3-5-7-17)27(25(30)24(21)29)15-16-10-12-26-13-11-16/h3-14,22,28H,15H2,1-2H3/b23-21+. The van der Waals surface area contributed by atoms with Crippen LogP contribution in [0.25, 0.3) is 5.76 Å². The monoisotopic (exact) mass is 430 g/mol. The Morgan fingerprint density at radius 3 is 2.38 bits per heavy atom. The molecule has 2 aromatic carbocycles. The van der Waals surface area contributed by atoms with Crippen LogP contribution in [-0.4, -0.2) is 40.9 Å². The first-order chi connectivity index (χ1) is 15.5. The molecule has 0 radical (unpaired) electrons. The van der Waals surface area contributed by atoms with Crippen LogP contribution >= 0.6 is 0 Å². The van der Waals surface area contributed by atoms with Gasteiger partial charge in [0.25, 0.3) is 11.7 Å². The van der Waals surface area contributed by atoms with Gasteiger partial charge in [0.1, 0.15) is 17.3 Å². The minimum Gasteiger partial charge on any atom is -0.507 e. The van der Waals surface area contributed by atoms with E-state index in [1.165, 1.54) is 19.1 Å². The zero-order valence-electron chi connectivity index (χ0n) is 17.7. The van der Waals surface area contributed by atoms with Gasteiger partial charge in [0.2, 0.25) is 0 Å². The number of aliphatic hydroxyl groups excluding tert-OH is 1. The number of methoxy groups -OCH3 is 2. The molecule has 4 rings (SSSR count). The Kier molecular flexibility index (Phi) is 5.89. The van der Waals surface area contributed by atoms with E-state index >= 15 is 0 Å². The van der Waals surface area contributed by atoms with E-state index in [9.17, 15) is 14.7 Å². The van der Waals surface area contributed by atoms with Crippen molar-refractivity contribution < 1.29 is 24.2 Å². The third-order valence-corrected chi connectivity index (χ3v) is 5.42. The second-order valence-corrected chi connectivity index (χ2v) is 7.26. The predicted molar refractivity (Wildman–Crippen MR) is 118 cm³/mol. The smallest absolute Gasteiger partial charge is 0.295 e. The normalized spacial score (nSPS) is 17.4. The molecule has 1 N–H and O–H groups in total. The molecule has 7 heteroatoms. The average molecular weight is 430 g/mol. The second-order valence-electron chi connectivity index (χ2n) is 7.26. The van der Waals surface area contributed by atoms with Crippen LogP contribution in [0.3, 0.4) is 0 Å². The number of nitrogens with zero attached hydrogens (tertiary/aromatic N) is 2. The number of ether oxygens (including phenoxy) is 2. The topological polar surface area (TPSA) is 89.0 Å². The summed E-state index contributed by atoms with van der Waals surface area (Å²) in [4.78, 5) is 31.7. The molecule has 1 atom stereocenters. The number of ketones is 1. The Bertz CT molecular complexity index is 1180. The number of carbonyl (C=O) groups is 2. The Balaban J connectivity index is 1.90. The van der Waals surface area contributed by atoms with Crippen LogP contribution in [0.5, 0.6) is 11.5 Å². The number of benzene rings is 2. The molecule has 1 fully saturated rings. The highest BCUT2D eigenvalue weighted by molar-refractivity contribution is 6.46. The highest BCUT2D eigenvalue weighted by Crippen LogP contribution is 2.42. The molecule has 32 heavy (non-hydrogen) atoms. The Hall–Kier alpha value is -4.13. The third kappa shape index (κ3) is 3.80. The van der Waals surface area contributed by atoms with Gasteiger partial charge in [-0.3, -0.25) is 14.6 Å². The molecule has 1 saturated heterocycles. The number of amides is 1. The number of aromatic nitrogens is 1. The maximum absolute atomic E-state index is 13.2. The number of aliphatic hydroxyl groups is 1. The summed E-state index contributed by atoms with van der Waals surface area (Å²) in [5.41, 5.74) is 1.81. The molecule has 7 nitrogen and oxygen atoms in total. The molecular formula is C25H22N2O5. The zero-order chi connectivity index (χ0) is 22.7. The summed E-state index contributed by atoms with van der Waals surface area (Å²) < 4.78 is 10.7. The summed E-state index contributed by atoms with van der Waals surface area (Å²) in [7, 11) is 2.97. The minimum atomic E-state index is -0.764. The van der Waals surface area contributed by atoms with Gasteiger partial charge in [-0.2, -0.15) is 0 Å². The summed E-state index contributed by atoms with van der Waals surface area (Å²) in [6.07, 6.45) is 3.26. The van der Waals surface area contributed by atoms with Crippen LogP contribution in [0.15, 0.2) is 78.6 Å². The van der Waals surface area contributed by atoms with Gasteiger partial charge in [-0.25, -0.2) is 0 Å². The maximum Gasteiger partial charge on any atom is 0.295 e. The van der Waals surface area contributed by atoms with Crippen molar-refractivity contribution in [3.63, 3.8) is 0 Å². The number of likely N-dealkylation sites (tertiary alicyclic amines) is 1. The van der Waals surface area contributed by atoms with E-state index in [2.05, 4.69) is 4.98 Å². The van der Waals surface area contributed by atoms with Gasteiger partial charge in [-0.1, -0.05) is 30.3 Å². The van der Waals surface area contributed by atoms with E-state index < -0.39 is 17.7 Å². The van der Waals surface area contributed by atoms with Crippen LogP contribution in [0, 0.1) is 0 Å². The van der Waals surface area contributed by atoms with Crippen molar-refractivity contribution in [3.8, 4) is 11.5 Å². The van der Waals surface area contributed by atoms with Crippen molar-refractivity contribution in [2.75, 3.05) is 14.2 Å². The first-order valence-electron chi connectivity index (χ1n) is 9.99. The van der Waals surface area contributed by atoms with Crippen molar-refractivity contribution >= 4 is 17.4 Å². The molecule has 1 aliphatic rings. The van der Waals surface area contributed by atoms with Gasteiger partial charge in [0, 0.05) is 18.9 Å². The molecule has 0 saturated carbocycles. The summed E-state index contributed by atoms with van der Waals surface area (Å²) in [6, 6.07) is 16.9. The highest BCUT2D eigenvalue weighted by atomic mass is 16.5. The summed E-state index contributed by atoms with van der Waals surface area (Å²) in [5.74, 6) is -0.912. The zero-order valence-corrected chi connectivity index (χ0v) is 17.7. The van der Waals surface area contributed by atoms with Crippen molar-refractivity contribution in [2.45, 2.75) is 12.6 Å². The molecule has 162 valence electrons. The predicted octanol–water partition coefficient (Wildman–Crippen LogP) is 3.72. The number of Topliss-reactive ketones (excluding diaryl/α,β-unsaturated/α-hetero) is 1. The Morgan fingerprint density at radius 1 is 1.00 bits per heavy atom. The summed E-state index contributed by atoms with van der Waals surface area (Å²) in [6.45, 7) is 0.193. The van der Waals surface area contributed by atoms with Crippen LogP contribution < -0.4 is 9.47 Å². The van der Waals surface area contributed by atoms with Crippen molar-refractivity contribution in [1.29, 1.82) is 0 Å². The summed E-state index contributed by atoms with van der Waals surface area (Å²) >= 11 is 0. The van der Waals surface area contributed by atoms with Gasteiger partial charge >= 0.3 is 0 Å². The molecular weight excluding hydrogens is 408 g/mol. The lowest BCUT2D eigenvalue weighted by Crippen LogP contribution is -2.29. The maximum atomic E-state index is 13.2. The first kappa shape index (κ1) is 21.1. The number of carbonyl (C=O) groups excluding carboxylic acids is 2.